The van der Waals surface area contributed by atoms with Crippen molar-refractivity contribution in [1.82, 2.24) is 0 Å². The first-order valence-corrected chi connectivity index (χ1v) is 8.48. The van der Waals surface area contributed by atoms with Gasteiger partial charge < -0.3 is 9.47 Å². The molecule has 6 unspecified atom stereocenters. The summed E-state index contributed by atoms with van der Waals surface area (Å²) in [5.41, 5.74) is 0. The molecular weight excluding hydrogens is 236 g/mol. The first-order valence-electron chi connectivity index (χ1n) is 8.48. The molecule has 0 radical (unpaired) electrons. The van der Waals surface area contributed by atoms with Crippen LogP contribution in [0.15, 0.2) is 0 Å². The Kier molecular flexibility index (Phi) is 2.97. The first kappa shape index (κ1) is 12.6. The van der Waals surface area contributed by atoms with Crippen molar-refractivity contribution in [2.75, 3.05) is 13.2 Å². The predicted octanol–water partition coefficient (Wildman–Crippen LogP) is 3.85. The second-order valence-electron chi connectivity index (χ2n) is 7.80. The smallest absolute Gasteiger partial charge is 0.174 e. The molecule has 3 aliphatic carbocycles. The van der Waals surface area contributed by atoms with E-state index in [9.17, 15) is 0 Å². The topological polar surface area (TPSA) is 18.5 Å². The fraction of sp³-hybridized carbons (Fsp3) is 1.00. The summed E-state index contributed by atoms with van der Waals surface area (Å²) in [5.74, 6) is 4.74. The van der Waals surface area contributed by atoms with Crippen molar-refractivity contribution in [3.63, 3.8) is 0 Å². The van der Waals surface area contributed by atoms with Crippen LogP contribution >= 0.6 is 0 Å². The van der Waals surface area contributed by atoms with Crippen molar-refractivity contribution in [2.24, 2.45) is 35.5 Å². The summed E-state index contributed by atoms with van der Waals surface area (Å²) in [4.78, 5) is 0. The molecule has 1 saturated heterocycles. The Balaban J connectivity index is 1.69. The average molecular weight is 264 g/mol. The number of fused-ring (bicyclic) bond motifs is 5. The fourth-order valence-corrected chi connectivity index (χ4v) is 5.91. The van der Waals surface area contributed by atoms with Crippen molar-refractivity contribution in [1.29, 1.82) is 0 Å². The van der Waals surface area contributed by atoms with Crippen LogP contribution in [-0.4, -0.2) is 19.0 Å². The Morgan fingerprint density at radius 3 is 1.68 bits per heavy atom. The van der Waals surface area contributed by atoms with Crippen molar-refractivity contribution in [2.45, 2.75) is 58.2 Å². The van der Waals surface area contributed by atoms with Crippen LogP contribution in [0, 0.1) is 35.5 Å². The molecule has 2 heteroatoms. The number of hydrogen-bond acceptors (Lipinski definition) is 2. The summed E-state index contributed by atoms with van der Waals surface area (Å²) in [7, 11) is 0. The van der Waals surface area contributed by atoms with Crippen LogP contribution in [0.1, 0.15) is 52.4 Å². The van der Waals surface area contributed by atoms with E-state index in [1.54, 1.807) is 0 Å². The van der Waals surface area contributed by atoms with Crippen LogP contribution in [0.5, 0.6) is 0 Å². The zero-order valence-corrected chi connectivity index (χ0v) is 12.4. The molecule has 2 nitrogen and oxygen atoms in total. The molecule has 19 heavy (non-hydrogen) atoms. The molecule has 0 bridgehead atoms. The number of hydrogen-bond donors (Lipinski definition) is 0. The van der Waals surface area contributed by atoms with E-state index in [-0.39, 0.29) is 5.79 Å². The van der Waals surface area contributed by atoms with Gasteiger partial charge in [0.15, 0.2) is 5.79 Å². The third kappa shape index (κ3) is 1.75. The van der Waals surface area contributed by atoms with Gasteiger partial charge in [-0.2, -0.15) is 0 Å². The molecule has 3 saturated carbocycles. The second kappa shape index (κ2) is 4.46. The van der Waals surface area contributed by atoms with E-state index in [2.05, 4.69) is 13.8 Å². The number of ether oxygens (including phenoxy) is 2. The van der Waals surface area contributed by atoms with Crippen LogP contribution in [0.4, 0.5) is 0 Å². The Labute approximate surface area is 117 Å². The maximum atomic E-state index is 6.31. The van der Waals surface area contributed by atoms with Gasteiger partial charge in [-0.3, -0.25) is 0 Å². The highest BCUT2D eigenvalue weighted by atomic mass is 16.7. The van der Waals surface area contributed by atoms with Crippen LogP contribution < -0.4 is 0 Å². The van der Waals surface area contributed by atoms with E-state index in [4.69, 9.17) is 9.47 Å². The average Bonchev–Trinajstić information content (AvgIpc) is 2.97. The quantitative estimate of drug-likeness (QED) is 0.661. The van der Waals surface area contributed by atoms with Gasteiger partial charge in [0.25, 0.3) is 0 Å². The molecule has 0 aromatic heterocycles. The zero-order valence-electron chi connectivity index (χ0n) is 12.4. The summed E-state index contributed by atoms with van der Waals surface area (Å²) >= 11 is 0. The Morgan fingerprint density at radius 1 is 0.737 bits per heavy atom. The molecule has 108 valence electrons. The maximum absolute atomic E-state index is 6.31. The van der Waals surface area contributed by atoms with Gasteiger partial charge in [-0.1, -0.05) is 26.7 Å². The van der Waals surface area contributed by atoms with Gasteiger partial charge in [0, 0.05) is 11.8 Å². The molecule has 4 aliphatic rings. The van der Waals surface area contributed by atoms with E-state index in [0.717, 1.165) is 36.9 Å². The largest absolute Gasteiger partial charge is 0.347 e. The van der Waals surface area contributed by atoms with Gasteiger partial charge in [-0.25, -0.2) is 0 Å². The van der Waals surface area contributed by atoms with Crippen LogP contribution in [0.2, 0.25) is 0 Å². The van der Waals surface area contributed by atoms with Crippen molar-refractivity contribution in [3.05, 3.63) is 0 Å². The van der Waals surface area contributed by atoms with Gasteiger partial charge in [-0.05, 0) is 49.4 Å². The van der Waals surface area contributed by atoms with Crippen LogP contribution in [0.25, 0.3) is 0 Å². The van der Waals surface area contributed by atoms with Gasteiger partial charge >= 0.3 is 0 Å². The molecule has 4 rings (SSSR count). The van der Waals surface area contributed by atoms with Crippen molar-refractivity contribution in [3.8, 4) is 0 Å². The normalized spacial score (nSPS) is 52.1. The molecule has 6 atom stereocenters. The van der Waals surface area contributed by atoms with Crippen molar-refractivity contribution < 1.29 is 9.47 Å². The second-order valence-corrected chi connectivity index (χ2v) is 7.80. The highest BCUT2D eigenvalue weighted by molar-refractivity contribution is 5.07. The SMILES string of the molecule is CC1CCC2C3CCC(C)CC3C3(OCCO3)C2C1. The molecular formula is C17H28O2. The Morgan fingerprint density at radius 2 is 1.21 bits per heavy atom. The van der Waals surface area contributed by atoms with Crippen LogP contribution in [0.3, 0.4) is 0 Å². The molecule has 4 fully saturated rings. The lowest BCUT2D eigenvalue weighted by Crippen LogP contribution is -2.45. The highest BCUT2D eigenvalue weighted by Gasteiger charge is 2.64. The lowest BCUT2D eigenvalue weighted by atomic mass is 9.70. The van der Waals surface area contributed by atoms with E-state index in [0.29, 0.717) is 11.8 Å². The molecule has 0 N–H and O–H groups in total. The third-order valence-electron chi connectivity index (χ3n) is 6.65. The molecule has 1 aliphatic heterocycles. The van der Waals surface area contributed by atoms with Gasteiger partial charge in [0.1, 0.15) is 0 Å². The molecule has 0 aromatic rings. The molecule has 1 spiro atoms. The third-order valence-corrected chi connectivity index (χ3v) is 6.65. The zero-order chi connectivity index (χ0) is 13.0. The monoisotopic (exact) mass is 264 g/mol. The highest BCUT2D eigenvalue weighted by Crippen LogP contribution is 2.63. The maximum Gasteiger partial charge on any atom is 0.174 e. The van der Waals surface area contributed by atoms with E-state index >= 15 is 0 Å². The van der Waals surface area contributed by atoms with E-state index in [1.165, 1.54) is 38.5 Å². The predicted molar refractivity (Wildman–Crippen MR) is 74.6 cm³/mol. The summed E-state index contributed by atoms with van der Waals surface area (Å²) in [5, 5.41) is 0. The molecule has 1 heterocycles. The van der Waals surface area contributed by atoms with Crippen molar-refractivity contribution >= 4 is 0 Å². The summed E-state index contributed by atoms with van der Waals surface area (Å²) in [6.07, 6.45) is 8.38. The Bertz CT molecular complexity index is 319. The Hall–Kier alpha value is -0.0800. The minimum atomic E-state index is -0.168. The summed E-state index contributed by atoms with van der Waals surface area (Å²) in [6.45, 7) is 6.50. The number of rotatable bonds is 0. The summed E-state index contributed by atoms with van der Waals surface area (Å²) < 4.78 is 12.6. The van der Waals surface area contributed by atoms with Gasteiger partial charge in [-0.15, -0.1) is 0 Å². The van der Waals surface area contributed by atoms with Gasteiger partial charge in [0.05, 0.1) is 13.2 Å². The minimum Gasteiger partial charge on any atom is -0.347 e. The van der Waals surface area contributed by atoms with E-state index in [1.807, 2.05) is 0 Å². The fourth-order valence-electron chi connectivity index (χ4n) is 5.91. The lowest BCUT2D eigenvalue weighted by Gasteiger charge is -2.40. The van der Waals surface area contributed by atoms with Crippen LogP contribution in [-0.2, 0) is 9.47 Å². The summed E-state index contributed by atoms with van der Waals surface area (Å²) in [6, 6.07) is 0. The minimum absolute atomic E-state index is 0.168. The molecule has 0 amide bonds. The standard InChI is InChI=1S/C17H28O2/c1-11-3-5-13-14-6-4-12(2)10-16(14)17(15(13)9-11)18-7-8-19-17/h11-16H,3-10H2,1-2H3. The first-order chi connectivity index (χ1) is 9.21. The lowest BCUT2D eigenvalue weighted by molar-refractivity contribution is -0.225. The van der Waals surface area contributed by atoms with Gasteiger partial charge in [0.2, 0.25) is 0 Å². The van der Waals surface area contributed by atoms with E-state index < -0.39 is 0 Å². The molecule has 0 aromatic carbocycles.